The molecule has 0 aromatic heterocycles. The Morgan fingerprint density at radius 1 is 1.52 bits per heavy atom. The van der Waals surface area contributed by atoms with Crippen molar-refractivity contribution < 1.29 is 9.18 Å². The fraction of sp³-hybridized carbons (Fsp3) is 0.533. The van der Waals surface area contributed by atoms with Crippen LogP contribution < -0.4 is 5.32 Å². The van der Waals surface area contributed by atoms with E-state index in [-0.39, 0.29) is 29.2 Å². The molecule has 0 aliphatic carbocycles. The van der Waals surface area contributed by atoms with Crippen molar-refractivity contribution in [2.24, 2.45) is 5.92 Å². The molecule has 3 nitrogen and oxygen atoms in total. The fourth-order valence-corrected chi connectivity index (χ4v) is 2.93. The molecule has 118 valence electrons. The summed E-state index contributed by atoms with van der Waals surface area (Å²) in [4.78, 5) is 14.4. The minimum atomic E-state index is -0.377. The Morgan fingerprint density at radius 3 is 2.90 bits per heavy atom. The van der Waals surface area contributed by atoms with Crippen molar-refractivity contribution in [3.8, 4) is 0 Å². The number of hydrogen-bond donors (Lipinski definition) is 1. The highest BCUT2D eigenvalue weighted by Gasteiger charge is 2.25. The van der Waals surface area contributed by atoms with Gasteiger partial charge < -0.3 is 10.2 Å². The van der Waals surface area contributed by atoms with Crippen LogP contribution in [-0.2, 0) is 0 Å². The van der Waals surface area contributed by atoms with Crippen LogP contribution in [0.1, 0.15) is 28.8 Å². The van der Waals surface area contributed by atoms with Gasteiger partial charge in [0.25, 0.3) is 5.91 Å². The number of carbonyl (C=O) groups is 1. The van der Waals surface area contributed by atoms with Crippen LogP contribution in [0.15, 0.2) is 12.1 Å². The number of aryl methyl sites for hydroxylation is 1. The van der Waals surface area contributed by atoms with Gasteiger partial charge >= 0.3 is 0 Å². The second kappa shape index (κ2) is 7.97. The number of likely N-dealkylation sites (tertiary alicyclic amines) is 1. The van der Waals surface area contributed by atoms with Gasteiger partial charge in [0, 0.05) is 13.1 Å². The molecule has 1 saturated heterocycles. The SMILES string of the molecule is CNCC1CCCN(C(=O)c2cc(C)c(F)cc2Cl)C1.Cl. The van der Waals surface area contributed by atoms with Gasteiger partial charge in [0.2, 0.25) is 0 Å². The van der Waals surface area contributed by atoms with Gasteiger partial charge in [0.1, 0.15) is 5.82 Å². The Hall–Kier alpha value is -0.840. The topological polar surface area (TPSA) is 32.3 Å². The van der Waals surface area contributed by atoms with Gasteiger partial charge in [-0.25, -0.2) is 4.39 Å². The lowest BCUT2D eigenvalue weighted by atomic mass is 9.97. The molecule has 21 heavy (non-hydrogen) atoms. The molecule has 1 aromatic rings. The summed E-state index contributed by atoms with van der Waals surface area (Å²) in [5, 5.41) is 3.34. The Kier molecular flexibility index (Phi) is 6.91. The van der Waals surface area contributed by atoms with Crippen LogP contribution in [-0.4, -0.2) is 37.5 Å². The maximum Gasteiger partial charge on any atom is 0.255 e. The van der Waals surface area contributed by atoms with E-state index in [1.807, 2.05) is 11.9 Å². The van der Waals surface area contributed by atoms with E-state index in [9.17, 15) is 9.18 Å². The molecule has 1 amide bonds. The van der Waals surface area contributed by atoms with Crippen molar-refractivity contribution >= 4 is 29.9 Å². The maximum absolute atomic E-state index is 13.4. The normalized spacial score (nSPS) is 18.3. The summed E-state index contributed by atoms with van der Waals surface area (Å²) >= 11 is 6.01. The molecular formula is C15H21Cl2FN2O. The molecule has 0 bridgehead atoms. The van der Waals surface area contributed by atoms with Gasteiger partial charge in [0.05, 0.1) is 10.6 Å². The number of nitrogens with one attached hydrogen (secondary N) is 1. The van der Waals surface area contributed by atoms with Crippen molar-refractivity contribution in [3.05, 3.63) is 34.1 Å². The van der Waals surface area contributed by atoms with Crippen molar-refractivity contribution in [2.45, 2.75) is 19.8 Å². The van der Waals surface area contributed by atoms with Gasteiger partial charge in [0.15, 0.2) is 0 Å². The van der Waals surface area contributed by atoms with Crippen LogP contribution in [0.2, 0.25) is 5.02 Å². The summed E-state index contributed by atoms with van der Waals surface area (Å²) in [6.07, 6.45) is 2.12. The van der Waals surface area contributed by atoms with E-state index in [0.717, 1.165) is 32.5 Å². The summed E-state index contributed by atoms with van der Waals surface area (Å²) < 4.78 is 13.4. The molecular weight excluding hydrogens is 314 g/mol. The second-order valence-electron chi connectivity index (χ2n) is 5.40. The quantitative estimate of drug-likeness (QED) is 0.919. The van der Waals surface area contributed by atoms with Gasteiger partial charge in [-0.2, -0.15) is 0 Å². The number of hydrogen-bond acceptors (Lipinski definition) is 2. The Balaban J connectivity index is 0.00000220. The van der Waals surface area contributed by atoms with Crippen LogP contribution in [0, 0.1) is 18.7 Å². The highest BCUT2D eigenvalue weighted by molar-refractivity contribution is 6.33. The fourth-order valence-electron chi connectivity index (χ4n) is 2.70. The second-order valence-corrected chi connectivity index (χ2v) is 5.81. The van der Waals surface area contributed by atoms with Crippen molar-refractivity contribution in [1.29, 1.82) is 0 Å². The number of rotatable bonds is 3. The van der Waals surface area contributed by atoms with Crippen LogP contribution in [0.3, 0.4) is 0 Å². The van der Waals surface area contributed by atoms with E-state index in [0.29, 0.717) is 17.0 Å². The van der Waals surface area contributed by atoms with E-state index >= 15 is 0 Å². The number of carbonyl (C=O) groups excluding carboxylic acids is 1. The smallest absolute Gasteiger partial charge is 0.255 e. The highest BCUT2D eigenvalue weighted by Crippen LogP contribution is 2.24. The third-order valence-electron chi connectivity index (χ3n) is 3.78. The van der Waals surface area contributed by atoms with E-state index < -0.39 is 0 Å². The zero-order chi connectivity index (χ0) is 14.7. The van der Waals surface area contributed by atoms with Gasteiger partial charge in [-0.05, 0) is 57.0 Å². The minimum Gasteiger partial charge on any atom is -0.338 e. The molecule has 1 N–H and O–H groups in total. The van der Waals surface area contributed by atoms with Crippen molar-refractivity contribution in [3.63, 3.8) is 0 Å². The first-order chi connectivity index (χ1) is 9.52. The van der Waals surface area contributed by atoms with Crippen LogP contribution in [0.4, 0.5) is 4.39 Å². The zero-order valence-corrected chi connectivity index (χ0v) is 13.9. The first kappa shape index (κ1) is 18.2. The summed E-state index contributed by atoms with van der Waals surface area (Å²) in [7, 11) is 1.92. The lowest BCUT2D eigenvalue weighted by molar-refractivity contribution is 0.0674. The predicted octanol–water partition coefficient (Wildman–Crippen LogP) is 3.28. The molecule has 0 spiro atoms. The molecule has 1 heterocycles. The molecule has 1 atom stereocenters. The molecule has 1 fully saturated rings. The molecule has 1 aliphatic heterocycles. The third-order valence-corrected chi connectivity index (χ3v) is 4.09. The van der Waals surface area contributed by atoms with Crippen LogP contribution in [0.25, 0.3) is 0 Å². The van der Waals surface area contributed by atoms with Gasteiger partial charge in [-0.15, -0.1) is 12.4 Å². The summed E-state index contributed by atoms with van der Waals surface area (Å²) in [6.45, 7) is 4.01. The monoisotopic (exact) mass is 334 g/mol. The third kappa shape index (κ3) is 4.31. The van der Waals surface area contributed by atoms with Gasteiger partial charge in [-0.3, -0.25) is 4.79 Å². The zero-order valence-electron chi connectivity index (χ0n) is 12.3. The van der Waals surface area contributed by atoms with Gasteiger partial charge in [-0.1, -0.05) is 11.6 Å². The Bertz CT molecular complexity index is 509. The molecule has 1 aliphatic rings. The first-order valence-corrected chi connectivity index (χ1v) is 7.30. The summed E-state index contributed by atoms with van der Waals surface area (Å²) in [5.74, 6) is -0.00447. The Labute approximate surface area is 136 Å². The average molecular weight is 335 g/mol. The lowest BCUT2D eigenvalue weighted by Gasteiger charge is -2.33. The minimum absolute atomic E-state index is 0. The molecule has 2 rings (SSSR count). The molecule has 0 saturated carbocycles. The summed E-state index contributed by atoms with van der Waals surface area (Å²) in [6, 6.07) is 2.76. The molecule has 0 radical (unpaired) electrons. The van der Waals surface area contributed by atoms with E-state index in [4.69, 9.17) is 11.6 Å². The highest BCUT2D eigenvalue weighted by atomic mass is 35.5. The lowest BCUT2D eigenvalue weighted by Crippen LogP contribution is -2.42. The number of piperidine rings is 1. The van der Waals surface area contributed by atoms with E-state index in [1.54, 1.807) is 13.0 Å². The molecule has 1 unspecified atom stereocenters. The van der Waals surface area contributed by atoms with Crippen LogP contribution in [0.5, 0.6) is 0 Å². The number of benzene rings is 1. The standard InChI is InChI=1S/C15H20ClFN2O.ClH/c1-10-6-12(13(16)7-14(10)17)15(20)19-5-3-4-11(9-19)8-18-2;/h6-7,11,18H,3-5,8-9H2,1-2H3;1H. The largest absolute Gasteiger partial charge is 0.338 e. The summed E-state index contributed by atoms with van der Waals surface area (Å²) in [5.41, 5.74) is 0.845. The van der Waals surface area contributed by atoms with Crippen molar-refractivity contribution in [2.75, 3.05) is 26.7 Å². The first-order valence-electron chi connectivity index (χ1n) is 6.92. The number of amides is 1. The molecule has 6 heteroatoms. The molecule has 1 aromatic carbocycles. The number of halogens is 3. The average Bonchev–Trinajstić information content (AvgIpc) is 2.43. The van der Waals surface area contributed by atoms with Crippen LogP contribution >= 0.6 is 24.0 Å². The number of nitrogens with zero attached hydrogens (tertiary/aromatic N) is 1. The maximum atomic E-state index is 13.4. The van der Waals surface area contributed by atoms with Crippen molar-refractivity contribution in [1.82, 2.24) is 10.2 Å². The predicted molar refractivity (Wildman–Crippen MR) is 85.9 cm³/mol. The van der Waals surface area contributed by atoms with E-state index in [2.05, 4.69) is 5.32 Å². The Morgan fingerprint density at radius 2 is 2.24 bits per heavy atom. The van der Waals surface area contributed by atoms with E-state index in [1.165, 1.54) is 6.07 Å².